The van der Waals surface area contributed by atoms with Crippen molar-refractivity contribution in [2.45, 2.75) is 13.8 Å². The molecule has 3 heterocycles. The van der Waals surface area contributed by atoms with Gasteiger partial charge in [0.25, 0.3) is 0 Å². The average molecular weight is 319 g/mol. The lowest BCUT2D eigenvalue weighted by atomic mass is 10.2. The van der Waals surface area contributed by atoms with Gasteiger partial charge in [0.05, 0.1) is 4.88 Å². The maximum Gasteiger partial charge on any atom is 0.144 e. The third kappa shape index (κ3) is 2.62. The molecule has 0 spiro atoms. The topological polar surface area (TPSA) is 29.3 Å². The van der Waals surface area contributed by atoms with Gasteiger partial charge >= 0.3 is 0 Å². The van der Waals surface area contributed by atoms with Crippen molar-refractivity contribution >= 4 is 28.5 Å². The van der Waals surface area contributed by atoms with E-state index in [0.717, 1.165) is 22.8 Å². The molecular formula is C19H17N3S. The molecular weight excluding hydrogens is 302 g/mol. The molecule has 3 aromatic heterocycles. The molecule has 4 aromatic rings. The number of nitrogens with one attached hydrogen (secondary N) is 1. The number of imidazole rings is 1. The van der Waals surface area contributed by atoms with Crippen LogP contribution in [0.3, 0.4) is 0 Å². The van der Waals surface area contributed by atoms with E-state index in [1.807, 2.05) is 0 Å². The van der Waals surface area contributed by atoms with Gasteiger partial charge in [0.15, 0.2) is 0 Å². The van der Waals surface area contributed by atoms with E-state index in [4.69, 9.17) is 4.98 Å². The van der Waals surface area contributed by atoms with Gasteiger partial charge in [-0.3, -0.25) is 4.40 Å². The van der Waals surface area contributed by atoms with E-state index in [9.17, 15) is 0 Å². The summed E-state index contributed by atoms with van der Waals surface area (Å²) >= 11 is 1.71. The number of fused-ring (bicyclic) bond motifs is 1. The molecule has 0 bridgehead atoms. The van der Waals surface area contributed by atoms with Crippen molar-refractivity contribution in [3.05, 3.63) is 71.2 Å². The summed E-state index contributed by atoms with van der Waals surface area (Å²) in [5.74, 6) is 1.01. The largest absolute Gasteiger partial charge is 0.339 e. The summed E-state index contributed by atoms with van der Waals surface area (Å²) in [6, 6.07) is 16.8. The molecule has 3 nitrogen and oxygen atoms in total. The van der Waals surface area contributed by atoms with Gasteiger partial charge in [0, 0.05) is 11.9 Å². The van der Waals surface area contributed by atoms with E-state index < -0.39 is 0 Å². The zero-order chi connectivity index (χ0) is 15.8. The summed E-state index contributed by atoms with van der Waals surface area (Å²) in [5.41, 5.74) is 5.47. The average Bonchev–Trinajstić information content (AvgIpc) is 3.18. The molecule has 23 heavy (non-hydrogen) atoms. The highest BCUT2D eigenvalue weighted by atomic mass is 32.1. The van der Waals surface area contributed by atoms with Crippen molar-refractivity contribution in [2.24, 2.45) is 0 Å². The molecule has 0 amide bonds. The molecule has 4 rings (SSSR count). The number of aromatic nitrogens is 2. The first-order valence-electron chi connectivity index (χ1n) is 7.57. The molecule has 114 valence electrons. The first kappa shape index (κ1) is 14.0. The molecule has 0 aliphatic carbocycles. The molecule has 0 radical (unpaired) electrons. The van der Waals surface area contributed by atoms with Gasteiger partial charge in [0.2, 0.25) is 0 Å². The lowest BCUT2D eigenvalue weighted by molar-refractivity contribution is 1.16. The van der Waals surface area contributed by atoms with E-state index in [1.54, 1.807) is 11.3 Å². The lowest BCUT2D eigenvalue weighted by Gasteiger charge is -2.09. The number of hydrogen-bond donors (Lipinski definition) is 1. The van der Waals surface area contributed by atoms with Crippen LogP contribution in [-0.4, -0.2) is 9.38 Å². The molecule has 4 heteroatoms. The molecule has 0 unspecified atom stereocenters. The number of aryl methyl sites for hydroxylation is 2. The Morgan fingerprint density at radius 1 is 0.957 bits per heavy atom. The Balaban J connectivity index is 1.89. The third-order valence-electron chi connectivity index (χ3n) is 3.84. The number of benzene rings is 1. The molecule has 0 saturated carbocycles. The lowest BCUT2D eigenvalue weighted by Crippen LogP contribution is -1.97. The second kappa shape index (κ2) is 5.56. The number of rotatable bonds is 3. The van der Waals surface area contributed by atoms with Crippen LogP contribution in [0.2, 0.25) is 0 Å². The third-order valence-corrected chi connectivity index (χ3v) is 4.71. The van der Waals surface area contributed by atoms with Crippen LogP contribution < -0.4 is 5.32 Å². The van der Waals surface area contributed by atoms with Gasteiger partial charge in [-0.05, 0) is 49.1 Å². The minimum atomic E-state index is 0.952. The highest BCUT2D eigenvalue weighted by molar-refractivity contribution is 7.13. The Kier molecular flexibility index (Phi) is 3.39. The van der Waals surface area contributed by atoms with Crippen LogP contribution in [0.4, 0.5) is 11.5 Å². The molecule has 0 saturated heterocycles. The summed E-state index contributed by atoms with van der Waals surface area (Å²) in [6.45, 7) is 4.19. The predicted molar refractivity (Wildman–Crippen MR) is 97.7 cm³/mol. The Morgan fingerprint density at radius 3 is 2.48 bits per heavy atom. The smallest absolute Gasteiger partial charge is 0.144 e. The van der Waals surface area contributed by atoms with Crippen molar-refractivity contribution in [3.63, 3.8) is 0 Å². The van der Waals surface area contributed by atoms with E-state index >= 15 is 0 Å². The zero-order valence-electron chi connectivity index (χ0n) is 13.1. The zero-order valence-corrected chi connectivity index (χ0v) is 13.9. The van der Waals surface area contributed by atoms with E-state index in [0.29, 0.717) is 0 Å². The van der Waals surface area contributed by atoms with Crippen LogP contribution in [0.15, 0.2) is 60.1 Å². The van der Waals surface area contributed by atoms with Gasteiger partial charge < -0.3 is 5.32 Å². The van der Waals surface area contributed by atoms with Gasteiger partial charge in [-0.1, -0.05) is 29.8 Å². The summed E-state index contributed by atoms with van der Waals surface area (Å²) in [6.07, 6.45) is 2.12. The first-order valence-corrected chi connectivity index (χ1v) is 8.45. The molecule has 0 aliphatic rings. The van der Waals surface area contributed by atoms with Crippen LogP contribution in [-0.2, 0) is 0 Å². The fraction of sp³-hybridized carbons (Fsp3) is 0.105. The quantitative estimate of drug-likeness (QED) is 0.546. The first-order chi connectivity index (χ1) is 11.2. The Hall–Kier alpha value is -2.59. The van der Waals surface area contributed by atoms with Gasteiger partial charge in [-0.15, -0.1) is 11.3 Å². The Morgan fingerprint density at radius 2 is 1.74 bits per heavy atom. The van der Waals surface area contributed by atoms with Gasteiger partial charge in [0.1, 0.15) is 17.2 Å². The second-order valence-electron chi connectivity index (χ2n) is 5.71. The number of pyridine rings is 1. The standard InChI is InChI=1S/C19H17N3S/c1-13-5-8-15(9-6-13)20-19-18(16-4-3-11-23-16)21-17-10-7-14(2)12-22(17)19/h3-12,20H,1-2H3. The van der Waals surface area contributed by atoms with Crippen LogP contribution in [0.5, 0.6) is 0 Å². The number of anilines is 2. The summed E-state index contributed by atoms with van der Waals surface area (Å²) in [4.78, 5) is 5.99. The summed E-state index contributed by atoms with van der Waals surface area (Å²) in [5, 5.41) is 5.63. The van der Waals surface area contributed by atoms with E-state index in [-0.39, 0.29) is 0 Å². The van der Waals surface area contributed by atoms with E-state index in [1.165, 1.54) is 16.0 Å². The number of hydrogen-bond acceptors (Lipinski definition) is 3. The molecule has 1 aromatic carbocycles. The highest BCUT2D eigenvalue weighted by Gasteiger charge is 2.15. The van der Waals surface area contributed by atoms with Crippen molar-refractivity contribution in [3.8, 4) is 10.6 Å². The van der Waals surface area contributed by atoms with Crippen molar-refractivity contribution in [1.82, 2.24) is 9.38 Å². The number of thiophene rings is 1. The van der Waals surface area contributed by atoms with Crippen molar-refractivity contribution in [2.75, 3.05) is 5.32 Å². The molecule has 0 aliphatic heterocycles. The predicted octanol–water partition coefficient (Wildman–Crippen LogP) is 5.42. The van der Waals surface area contributed by atoms with Gasteiger partial charge in [-0.25, -0.2) is 4.98 Å². The monoisotopic (exact) mass is 319 g/mol. The SMILES string of the molecule is Cc1ccc(Nc2c(-c3cccs3)nc3ccc(C)cn23)cc1. The van der Waals surface area contributed by atoms with Crippen molar-refractivity contribution in [1.29, 1.82) is 0 Å². The maximum atomic E-state index is 4.82. The molecule has 0 fully saturated rings. The Labute approximate surface area is 139 Å². The van der Waals surface area contributed by atoms with Crippen LogP contribution in [0, 0.1) is 13.8 Å². The van der Waals surface area contributed by atoms with Crippen LogP contribution in [0.1, 0.15) is 11.1 Å². The Bertz CT molecular complexity index is 950. The molecule has 1 N–H and O–H groups in total. The summed E-state index contributed by atoms with van der Waals surface area (Å²) < 4.78 is 2.13. The highest BCUT2D eigenvalue weighted by Crippen LogP contribution is 2.33. The summed E-state index contributed by atoms with van der Waals surface area (Å²) in [7, 11) is 0. The normalized spacial score (nSPS) is 11.0. The minimum absolute atomic E-state index is 0.952. The maximum absolute atomic E-state index is 4.82. The molecule has 0 atom stereocenters. The second-order valence-corrected chi connectivity index (χ2v) is 6.66. The van der Waals surface area contributed by atoms with Gasteiger partial charge in [-0.2, -0.15) is 0 Å². The van der Waals surface area contributed by atoms with Crippen LogP contribution in [0.25, 0.3) is 16.2 Å². The fourth-order valence-corrected chi connectivity index (χ4v) is 3.34. The minimum Gasteiger partial charge on any atom is -0.339 e. The number of nitrogens with zero attached hydrogens (tertiary/aromatic N) is 2. The fourth-order valence-electron chi connectivity index (χ4n) is 2.63. The van der Waals surface area contributed by atoms with Crippen molar-refractivity contribution < 1.29 is 0 Å². The van der Waals surface area contributed by atoms with Crippen LogP contribution >= 0.6 is 11.3 Å². The van der Waals surface area contributed by atoms with E-state index in [2.05, 4.69) is 83.7 Å².